The highest BCUT2D eigenvalue weighted by Crippen LogP contribution is 2.13. The zero-order valence-corrected chi connectivity index (χ0v) is 9.46. The molecule has 0 fully saturated rings. The van der Waals surface area contributed by atoms with Crippen LogP contribution < -0.4 is 0 Å². The molecule has 0 unspecified atom stereocenters. The van der Waals surface area contributed by atoms with Crippen molar-refractivity contribution in [3.05, 3.63) is 11.6 Å². The molecule has 3 nitrogen and oxygen atoms in total. The standard InChI is InChI=1S/C11H20O3/c1-5-9(10(12)13)7-8-14-11(3,4)6-2/h7H,5-6,8H2,1-4H3,(H,12,13). The second-order valence-electron chi connectivity index (χ2n) is 3.81. The van der Waals surface area contributed by atoms with Crippen molar-refractivity contribution >= 4 is 5.97 Å². The highest BCUT2D eigenvalue weighted by atomic mass is 16.5. The Morgan fingerprint density at radius 1 is 1.43 bits per heavy atom. The molecular weight excluding hydrogens is 180 g/mol. The van der Waals surface area contributed by atoms with E-state index in [1.807, 2.05) is 27.7 Å². The van der Waals surface area contributed by atoms with E-state index in [2.05, 4.69) is 0 Å². The van der Waals surface area contributed by atoms with Gasteiger partial charge in [0.15, 0.2) is 0 Å². The molecule has 0 radical (unpaired) electrons. The monoisotopic (exact) mass is 200 g/mol. The van der Waals surface area contributed by atoms with E-state index in [0.29, 0.717) is 18.6 Å². The van der Waals surface area contributed by atoms with Gasteiger partial charge in [-0.25, -0.2) is 4.79 Å². The van der Waals surface area contributed by atoms with Crippen molar-refractivity contribution in [2.45, 2.75) is 46.1 Å². The van der Waals surface area contributed by atoms with Gasteiger partial charge in [-0.2, -0.15) is 0 Å². The highest BCUT2D eigenvalue weighted by Gasteiger charge is 2.14. The van der Waals surface area contributed by atoms with Crippen LogP contribution in [0.2, 0.25) is 0 Å². The predicted octanol–water partition coefficient (Wildman–Crippen LogP) is 2.61. The van der Waals surface area contributed by atoms with Gasteiger partial charge >= 0.3 is 5.97 Å². The number of hydrogen-bond donors (Lipinski definition) is 1. The molecule has 0 aromatic carbocycles. The molecule has 0 aromatic heterocycles. The Kier molecular flexibility index (Phi) is 5.46. The minimum absolute atomic E-state index is 0.173. The predicted molar refractivity (Wildman–Crippen MR) is 56.3 cm³/mol. The van der Waals surface area contributed by atoms with Crippen LogP contribution >= 0.6 is 0 Å². The number of hydrogen-bond acceptors (Lipinski definition) is 2. The molecule has 0 rings (SSSR count). The van der Waals surface area contributed by atoms with Crippen molar-refractivity contribution in [1.29, 1.82) is 0 Å². The van der Waals surface area contributed by atoms with Gasteiger partial charge in [0.05, 0.1) is 12.2 Å². The first-order chi connectivity index (χ1) is 6.43. The number of aliphatic carboxylic acids is 1. The van der Waals surface area contributed by atoms with E-state index in [1.54, 1.807) is 6.08 Å². The summed E-state index contributed by atoms with van der Waals surface area (Å²) >= 11 is 0. The van der Waals surface area contributed by atoms with Gasteiger partial charge in [-0.1, -0.05) is 13.8 Å². The maximum Gasteiger partial charge on any atom is 0.331 e. The third-order valence-electron chi connectivity index (χ3n) is 2.31. The van der Waals surface area contributed by atoms with Gasteiger partial charge in [-0.05, 0) is 32.8 Å². The van der Waals surface area contributed by atoms with Crippen LogP contribution in [0.1, 0.15) is 40.5 Å². The average molecular weight is 200 g/mol. The van der Waals surface area contributed by atoms with Crippen molar-refractivity contribution in [2.24, 2.45) is 0 Å². The lowest BCUT2D eigenvalue weighted by atomic mass is 10.1. The molecule has 0 spiro atoms. The van der Waals surface area contributed by atoms with Gasteiger partial charge < -0.3 is 9.84 Å². The maximum atomic E-state index is 10.6. The first-order valence-electron chi connectivity index (χ1n) is 4.99. The lowest BCUT2D eigenvalue weighted by Gasteiger charge is -2.22. The zero-order chi connectivity index (χ0) is 11.2. The smallest absolute Gasteiger partial charge is 0.331 e. The highest BCUT2D eigenvalue weighted by molar-refractivity contribution is 5.86. The average Bonchev–Trinajstić information content (AvgIpc) is 2.12. The minimum Gasteiger partial charge on any atom is -0.478 e. The number of carbonyl (C=O) groups is 1. The van der Waals surface area contributed by atoms with Crippen molar-refractivity contribution in [1.82, 2.24) is 0 Å². The van der Waals surface area contributed by atoms with E-state index < -0.39 is 5.97 Å². The van der Waals surface area contributed by atoms with Gasteiger partial charge in [0.1, 0.15) is 0 Å². The van der Waals surface area contributed by atoms with Crippen LogP contribution in [-0.4, -0.2) is 23.3 Å². The van der Waals surface area contributed by atoms with E-state index in [0.717, 1.165) is 6.42 Å². The Bertz CT molecular complexity index is 217. The van der Waals surface area contributed by atoms with Gasteiger partial charge in [-0.3, -0.25) is 0 Å². The minimum atomic E-state index is -0.856. The molecule has 0 amide bonds. The third kappa shape index (κ3) is 5.02. The summed E-state index contributed by atoms with van der Waals surface area (Å²) < 4.78 is 5.52. The van der Waals surface area contributed by atoms with Crippen molar-refractivity contribution < 1.29 is 14.6 Å². The van der Waals surface area contributed by atoms with Gasteiger partial charge in [-0.15, -0.1) is 0 Å². The number of ether oxygens (including phenoxy) is 1. The first-order valence-corrected chi connectivity index (χ1v) is 4.99. The molecule has 82 valence electrons. The first kappa shape index (κ1) is 13.2. The maximum absolute atomic E-state index is 10.6. The normalized spacial score (nSPS) is 13.0. The number of carboxylic acid groups (broad SMARTS) is 1. The van der Waals surface area contributed by atoms with Crippen LogP contribution in [0, 0.1) is 0 Å². The SMILES string of the molecule is CCC(=CCOC(C)(C)CC)C(=O)O. The summed E-state index contributed by atoms with van der Waals surface area (Å²) in [5, 5.41) is 8.74. The third-order valence-corrected chi connectivity index (χ3v) is 2.31. The number of rotatable bonds is 6. The summed E-state index contributed by atoms with van der Waals surface area (Å²) in [6.07, 6.45) is 3.08. The summed E-state index contributed by atoms with van der Waals surface area (Å²) in [5.41, 5.74) is 0.241. The van der Waals surface area contributed by atoms with Crippen LogP contribution in [0.25, 0.3) is 0 Å². The molecule has 3 heteroatoms. The molecule has 0 aliphatic rings. The van der Waals surface area contributed by atoms with E-state index in [1.165, 1.54) is 0 Å². The molecule has 0 bridgehead atoms. The molecule has 0 heterocycles. The van der Waals surface area contributed by atoms with Crippen LogP contribution in [-0.2, 0) is 9.53 Å². The summed E-state index contributed by atoms with van der Waals surface area (Å²) in [7, 11) is 0. The summed E-state index contributed by atoms with van der Waals surface area (Å²) in [6, 6.07) is 0. The largest absolute Gasteiger partial charge is 0.478 e. The Hall–Kier alpha value is -0.830. The number of carboxylic acids is 1. The second-order valence-corrected chi connectivity index (χ2v) is 3.81. The summed E-state index contributed by atoms with van der Waals surface area (Å²) in [5.74, 6) is -0.856. The van der Waals surface area contributed by atoms with Crippen LogP contribution in [0.5, 0.6) is 0 Å². The molecule has 0 aliphatic heterocycles. The van der Waals surface area contributed by atoms with Crippen molar-refractivity contribution in [3.8, 4) is 0 Å². The van der Waals surface area contributed by atoms with Crippen LogP contribution in [0.4, 0.5) is 0 Å². The molecule has 1 N–H and O–H groups in total. The van der Waals surface area contributed by atoms with E-state index >= 15 is 0 Å². The second kappa shape index (κ2) is 5.81. The van der Waals surface area contributed by atoms with Gasteiger partial charge in [0, 0.05) is 5.57 Å². The van der Waals surface area contributed by atoms with Gasteiger partial charge in [0.25, 0.3) is 0 Å². The fourth-order valence-corrected chi connectivity index (χ4v) is 0.853. The summed E-state index contributed by atoms with van der Waals surface area (Å²) in [4.78, 5) is 10.6. The topological polar surface area (TPSA) is 46.5 Å². The molecular formula is C11H20O3. The zero-order valence-electron chi connectivity index (χ0n) is 9.46. The van der Waals surface area contributed by atoms with Crippen molar-refractivity contribution in [2.75, 3.05) is 6.61 Å². The molecule has 0 saturated carbocycles. The quantitative estimate of drug-likeness (QED) is 0.670. The fraction of sp³-hybridized carbons (Fsp3) is 0.727. The molecule has 0 aliphatic carbocycles. The molecule has 14 heavy (non-hydrogen) atoms. The fourth-order valence-electron chi connectivity index (χ4n) is 0.853. The van der Waals surface area contributed by atoms with Crippen LogP contribution in [0.3, 0.4) is 0 Å². The van der Waals surface area contributed by atoms with Crippen LogP contribution in [0.15, 0.2) is 11.6 Å². The van der Waals surface area contributed by atoms with E-state index in [-0.39, 0.29) is 5.60 Å². The Morgan fingerprint density at radius 2 is 2.00 bits per heavy atom. The lowest BCUT2D eigenvalue weighted by Crippen LogP contribution is -2.23. The molecule has 0 atom stereocenters. The molecule has 0 aromatic rings. The Balaban J connectivity index is 4.09. The lowest BCUT2D eigenvalue weighted by molar-refractivity contribution is -0.132. The molecule has 0 saturated heterocycles. The van der Waals surface area contributed by atoms with Crippen molar-refractivity contribution in [3.63, 3.8) is 0 Å². The van der Waals surface area contributed by atoms with Gasteiger partial charge in [0.2, 0.25) is 0 Å². The van der Waals surface area contributed by atoms with E-state index in [9.17, 15) is 4.79 Å². The Labute approximate surface area is 85.8 Å². The van der Waals surface area contributed by atoms with E-state index in [4.69, 9.17) is 9.84 Å². The Morgan fingerprint density at radius 3 is 2.36 bits per heavy atom. The summed E-state index contributed by atoms with van der Waals surface area (Å²) in [6.45, 7) is 8.23.